The molecule has 2 aromatic rings. The van der Waals surface area contributed by atoms with Gasteiger partial charge in [-0.3, -0.25) is 4.79 Å². The molecule has 6 heteroatoms. The summed E-state index contributed by atoms with van der Waals surface area (Å²) in [5.41, 5.74) is 4.68. The van der Waals surface area contributed by atoms with Gasteiger partial charge in [-0.05, 0) is 52.7 Å². The number of hydrogen-bond acceptors (Lipinski definition) is 4. The Labute approximate surface area is 136 Å². The first-order chi connectivity index (χ1) is 10.5. The highest BCUT2D eigenvalue weighted by molar-refractivity contribution is 9.10. The van der Waals surface area contributed by atoms with Crippen LogP contribution in [0.3, 0.4) is 0 Å². The van der Waals surface area contributed by atoms with Crippen molar-refractivity contribution in [1.82, 2.24) is 5.43 Å². The van der Waals surface area contributed by atoms with E-state index in [2.05, 4.69) is 26.5 Å². The van der Waals surface area contributed by atoms with Gasteiger partial charge in [0.15, 0.2) is 11.5 Å². The molecule has 0 fully saturated rings. The lowest BCUT2D eigenvalue weighted by Crippen LogP contribution is -2.17. The van der Waals surface area contributed by atoms with E-state index in [1.165, 1.54) is 13.3 Å². The van der Waals surface area contributed by atoms with Crippen LogP contribution in [0.5, 0.6) is 11.5 Å². The fourth-order valence-electron chi connectivity index (χ4n) is 1.84. The highest BCUT2D eigenvalue weighted by Crippen LogP contribution is 2.34. The molecule has 5 nitrogen and oxygen atoms in total. The third-order valence-corrected chi connectivity index (χ3v) is 3.54. The zero-order chi connectivity index (χ0) is 16.1. The number of carbonyl (C=O) groups is 1. The van der Waals surface area contributed by atoms with Crippen molar-refractivity contribution in [3.05, 3.63) is 57.6 Å². The number of aromatic hydroxyl groups is 1. The molecule has 0 spiro atoms. The van der Waals surface area contributed by atoms with Crippen LogP contribution in [0.1, 0.15) is 21.5 Å². The summed E-state index contributed by atoms with van der Waals surface area (Å²) in [4.78, 5) is 11.9. The monoisotopic (exact) mass is 362 g/mol. The number of rotatable bonds is 4. The van der Waals surface area contributed by atoms with Gasteiger partial charge >= 0.3 is 0 Å². The van der Waals surface area contributed by atoms with Crippen molar-refractivity contribution >= 4 is 28.1 Å². The SMILES string of the molecule is COc1cc(/C=N/NC(=O)c2cccc(C)c2)cc(Br)c1O. The summed E-state index contributed by atoms with van der Waals surface area (Å²) in [6.07, 6.45) is 1.47. The number of aryl methyl sites for hydroxylation is 1. The molecule has 0 bridgehead atoms. The quantitative estimate of drug-likeness (QED) is 0.647. The normalized spacial score (nSPS) is 10.7. The third-order valence-electron chi connectivity index (χ3n) is 2.93. The van der Waals surface area contributed by atoms with Crippen molar-refractivity contribution in [2.24, 2.45) is 5.10 Å². The fourth-order valence-corrected chi connectivity index (χ4v) is 2.30. The predicted octanol–water partition coefficient (Wildman–Crippen LogP) is 3.24. The van der Waals surface area contributed by atoms with Gasteiger partial charge in [-0.1, -0.05) is 17.7 Å². The summed E-state index contributed by atoms with van der Waals surface area (Å²) < 4.78 is 5.53. The molecule has 2 N–H and O–H groups in total. The molecule has 114 valence electrons. The van der Waals surface area contributed by atoms with Gasteiger partial charge in [0.05, 0.1) is 17.8 Å². The number of benzene rings is 2. The smallest absolute Gasteiger partial charge is 0.271 e. The second-order valence-corrected chi connectivity index (χ2v) is 5.48. The molecule has 2 aromatic carbocycles. The van der Waals surface area contributed by atoms with Crippen LogP contribution in [-0.4, -0.2) is 24.3 Å². The van der Waals surface area contributed by atoms with Gasteiger partial charge in [-0.25, -0.2) is 5.43 Å². The summed E-state index contributed by atoms with van der Waals surface area (Å²) in [5.74, 6) is 0.0500. The number of phenols is 1. The second kappa shape index (κ2) is 7.09. The van der Waals surface area contributed by atoms with E-state index in [0.717, 1.165) is 5.56 Å². The van der Waals surface area contributed by atoms with Crippen LogP contribution < -0.4 is 10.2 Å². The molecule has 0 saturated carbocycles. The number of hydrogen-bond donors (Lipinski definition) is 2. The van der Waals surface area contributed by atoms with E-state index in [1.54, 1.807) is 24.3 Å². The summed E-state index contributed by atoms with van der Waals surface area (Å²) in [5, 5.41) is 13.6. The maximum atomic E-state index is 11.9. The van der Waals surface area contributed by atoms with E-state index in [9.17, 15) is 9.90 Å². The molecule has 0 unspecified atom stereocenters. The first kappa shape index (κ1) is 16.0. The average molecular weight is 363 g/mol. The van der Waals surface area contributed by atoms with E-state index in [4.69, 9.17) is 4.74 Å². The fraction of sp³-hybridized carbons (Fsp3) is 0.125. The van der Waals surface area contributed by atoms with Crippen molar-refractivity contribution in [1.29, 1.82) is 0 Å². The minimum atomic E-state index is -0.287. The van der Waals surface area contributed by atoms with Crippen molar-refractivity contribution in [3.8, 4) is 11.5 Å². The maximum absolute atomic E-state index is 11.9. The predicted molar refractivity (Wildman–Crippen MR) is 88.6 cm³/mol. The molecule has 0 atom stereocenters. The molecule has 0 aliphatic rings. The molecular weight excluding hydrogens is 348 g/mol. The molecule has 2 rings (SSSR count). The Kier molecular flexibility index (Phi) is 5.16. The Morgan fingerprint density at radius 3 is 2.82 bits per heavy atom. The molecular formula is C16H15BrN2O3. The first-order valence-electron chi connectivity index (χ1n) is 6.48. The standard InChI is InChI=1S/C16H15BrN2O3/c1-10-4-3-5-12(6-10)16(21)19-18-9-11-7-13(17)15(20)14(8-11)22-2/h3-9,20H,1-2H3,(H,19,21)/b18-9+. The number of phenolic OH excluding ortho intramolecular Hbond substituents is 1. The highest BCUT2D eigenvalue weighted by atomic mass is 79.9. The number of methoxy groups -OCH3 is 1. The van der Waals surface area contributed by atoms with E-state index in [-0.39, 0.29) is 11.7 Å². The van der Waals surface area contributed by atoms with Crippen LogP contribution in [0.2, 0.25) is 0 Å². The van der Waals surface area contributed by atoms with Gasteiger partial charge in [-0.2, -0.15) is 5.10 Å². The lowest BCUT2D eigenvalue weighted by Gasteiger charge is -2.06. The van der Waals surface area contributed by atoms with Gasteiger partial charge in [-0.15, -0.1) is 0 Å². The van der Waals surface area contributed by atoms with Crippen molar-refractivity contribution in [3.63, 3.8) is 0 Å². The Morgan fingerprint density at radius 1 is 1.36 bits per heavy atom. The number of nitrogens with zero attached hydrogens (tertiary/aromatic N) is 1. The molecule has 0 heterocycles. The molecule has 0 aliphatic heterocycles. The Hall–Kier alpha value is -2.34. The largest absolute Gasteiger partial charge is 0.503 e. The summed E-state index contributed by atoms with van der Waals surface area (Å²) >= 11 is 3.22. The average Bonchev–Trinajstić information content (AvgIpc) is 2.50. The van der Waals surface area contributed by atoms with E-state index in [0.29, 0.717) is 21.3 Å². The van der Waals surface area contributed by atoms with Gasteiger partial charge in [0.25, 0.3) is 5.91 Å². The van der Waals surface area contributed by atoms with Crippen molar-refractivity contribution in [2.75, 3.05) is 7.11 Å². The Bertz CT molecular complexity index is 729. The molecule has 0 aliphatic carbocycles. The van der Waals surface area contributed by atoms with Gasteiger partial charge in [0.2, 0.25) is 0 Å². The van der Waals surface area contributed by atoms with Crippen LogP contribution >= 0.6 is 15.9 Å². The minimum Gasteiger partial charge on any atom is -0.503 e. The number of halogens is 1. The zero-order valence-corrected chi connectivity index (χ0v) is 13.7. The minimum absolute atomic E-state index is 0.0171. The molecule has 0 saturated heterocycles. The van der Waals surface area contributed by atoms with Crippen molar-refractivity contribution < 1.29 is 14.6 Å². The van der Waals surface area contributed by atoms with Gasteiger partial charge in [0.1, 0.15) is 0 Å². The third kappa shape index (κ3) is 3.85. The topological polar surface area (TPSA) is 70.9 Å². The van der Waals surface area contributed by atoms with Gasteiger partial charge < -0.3 is 9.84 Å². The second-order valence-electron chi connectivity index (χ2n) is 4.62. The van der Waals surface area contributed by atoms with Gasteiger partial charge in [0, 0.05) is 5.56 Å². The van der Waals surface area contributed by atoms with Crippen LogP contribution in [0.4, 0.5) is 0 Å². The van der Waals surface area contributed by atoms with Crippen LogP contribution in [0, 0.1) is 6.92 Å². The lowest BCUT2D eigenvalue weighted by molar-refractivity contribution is 0.0955. The summed E-state index contributed by atoms with van der Waals surface area (Å²) in [6, 6.07) is 10.5. The highest BCUT2D eigenvalue weighted by Gasteiger charge is 2.08. The number of hydrazone groups is 1. The summed E-state index contributed by atoms with van der Waals surface area (Å²) in [7, 11) is 1.46. The summed E-state index contributed by atoms with van der Waals surface area (Å²) in [6.45, 7) is 1.92. The number of carbonyl (C=O) groups excluding carboxylic acids is 1. The Morgan fingerprint density at radius 2 is 2.14 bits per heavy atom. The maximum Gasteiger partial charge on any atom is 0.271 e. The van der Waals surface area contributed by atoms with Crippen LogP contribution in [0.25, 0.3) is 0 Å². The van der Waals surface area contributed by atoms with E-state index < -0.39 is 0 Å². The Balaban J connectivity index is 2.10. The number of amides is 1. The van der Waals surface area contributed by atoms with Crippen LogP contribution in [0.15, 0.2) is 46.0 Å². The first-order valence-corrected chi connectivity index (χ1v) is 7.27. The van der Waals surface area contributed by atoms with E-state index >= 15 is 0 Å². The molecule has 22 heavy (non-hydrogen) atoms. The van der Waals surface area contributed by atoms with E-state index in [1.807, 2.05) is 19.1 Å². The van der Waals surface area contributed by atoms with Crippen LogP contribution in [-0.2, 0) is 0 Å². The molecule has 0 aromatic heterocycles. The molecule has 0 radical (unpaired) electrons. The number of nitrogens with one attached hydrogen (secondary N) is 1. The molecule has 1 amide bonds. The zero-order valence-electron chi connectivity index (χ0n) is 12.1. The van der Waals surface area contributed by atoms with Crippen molar-refractivity contribution in [2.45, 2.75) is 6.92 Å². The lowest BCUT2D eigenvalue weighted by atomic mass is 10.1. The number of ether oxygens (including phenoxy) is 1.